The number of anilines is 1. The largest absolute Gasteiger partial charge is 0.324 e. The first-order valence-electron chi connectivity index (χ1n) is 9.31. The number of rotatable bonds is 3. The van der Waals surface area contributed by atoms with Crippen LogP contribution in [0.3, 0.4) is 0 Å². The minimum atomic E-state index is -0.211. The summed E-state index contributed by atoms with van der Waals surface area (Å²) in [6.45, 7) is 5.97. The Morgan fingerprint density at radius 1 is 1.19 bits per heavy atom. The Kier molecular flexibility index (Phi) is 4.60. The van der Waals surface area contributed by atoms with Crippen molar-refractivity contribution < 1.29 is 4.79 Å². The smallest absolute Gasteiger partial charge is 0.262 e. The van der Waals surface area contributed by atoms with Crippen LogP contribution in [-0.2, 0) is 24.2 Å². The molecule has 1 aliphatic carbocycles. The summed E-state index contributed by atoms with van der Waals surface area (Å²) in [6.07, 6.45) is 5.75. The molecule has 0 bridgehead atoms. The Hall–Kier alpha value is -2.47. The molecule has 2 aromatic heterocycles. The minimum absolute atomic E-state index is 0.0286. The van der Waals surface area contributed by atoms with Gasteiger partial charge >= 0.3 is 0 Å². The van der Waals surface area contributed by atoms with Crippen LogP contribution < -0.4 is 10.9 Å². The number of nitrogens with one attached hydrogen (secondary N) is 1. The zero-order chi connectivity index (χ0) is 19.1. The Morgan fingerprint density at radius 3 is 2.63 bits per heavy atom. The number of nitrogens with zero attached hydrogens (tertiary/aromatic N) is 2. The Morgan fingerprint density at radius 2 is 1.89 bits per heavy atom. The summed E-state index contributed by atoms with van der Waals surface area (Å²) < 4.78 is 1.43. The minimum Gasteiger partial charge on any atom is -0.324 e. The summed E-state index contributed by atoms with van der Waals surface area (Å²) in [5.41, 5.74) is 5.07. The maximum atomic E-state index is 13.0. The van der Waals surface area contributed by atoms with Crippen LogP contribution in [0.2, 0.25) is 0 Å². The van der Waals surface area contributed by atoms with Crippen LogP contribution in [-0.4, -0.2) is 15.5 Å². The predicted molar refractivity (Wildman–Crippen MR) is 110 cm³/mol. The molecule has 2 heterocycles. The molecule has 0 aliphatic heterocycles. The molecule has 1 amide bonds. The van der Waals surface area contributed by atoms with Crippen LogP contribution in [0.5, 0.6) is 0 Å². The van der Waals surface area contributed by atoms with Crippen molar-refractivity contribution in [1.82, 2.24) is 9.55 Å². The highest BCUT2D eigenvalue weighted by Gasteiger charge is 2.20. The molecular weight excluding hydrogens is 358 g/mol. The van der Waals surface area contributed by atoms with E-state index in [1.54, 1.807) is 11.3 Å². The Labute approximate surface area is 162 Å². The van der Waals surface area contributed by atoms with Gasteiger partial charge in [0.25, 0.3) is 5.56 Å². The fraction of sp³-hybridized carbons (Fsp3) is 0.381. The fourth-order valence-electron chi connectivity index (χ4n) is 4.00. The van der Waals surface area contributed by atoms with E-state index in [1.807, 2.05) is 32.9 Å². The zero-order valence-electron chi connectivity index (χ0n) is 15.9. The van der Waals surface area contributed by atoms with Gasteiger partial charge in [0.1, 0.15) is 11.4 Å². The lowest BCUT2D eigenvalue weighted by atomic mass is 9.97. The summed E-state index contributed by atoms with van der Waals surface area (Å²) in [6, 6.07) is 4.08. The van der Waals surface area contributed by atoms with Gasteiger partial charge in [0, 0.05) is 10.6 Å². The molecule has 0 atom stereocenters. The van der Waals surface area contributed by atoms with Crippen molar-refractivity contribution >= 4 is 33.1 Å². The van der Waals surface area contributed by atoms with Gasteiger partial charge in [-0.25, -0.2) is 4.98 Å². The molecule has 6 heteroatoms. The third-order valence-corrected chi connectivity index (χ3v) is 6.40. The summed E-state index contributed by atoms with van der Waals surface area (Å²) in [4.78, 5) is 32.1. The van der Waals surface area contributed by atoms with Crippen LogP contribution in [0, 0.1) is 20.8 Å². The molecule has 27 heavy (non-hydrogen) atoms. The van der Waals surface area contributed by atoms with Crippen molar-refractivity contribution in [2.75, 3.05) is 5.32 Å². The standard InChI is InChI=1S/C21H23N3O2S/c1-12-8-13(2)19(14(3)9-12)23-17(25)10-24-11-22-20-18(21(24)26)15-6-4-5-7-16(15)27-20/h8-9,11H,4-7,10H2,1-3H3,(H,23,25). The van der Waals surface area contributed by atoms with E-state index in [0.29, 0.717) is 5.39 Å². The van der Waals surface area contributed by atoms with Gasteiger partial charge in [0.05, 0.1) is 11.7 Å². The second-order valence-electron chi connectivity index (χ2n) is 7.39. The molecule has 0 saturated carbocycles. The van der Waals surface area contributed by atoms with Crippen LogP contribution in [0.15, 0.2) is 23.3 Å². The SMILES string of the molecule is Cc1cc(C)c(NC(=O)Cn2cnc3sc4c(c3c2=O)CCCC4)c(C)c1. The molecule has 4 rings (SSSR count). The quantitative estimate of drug-likeness (QED) is 0.748. The third-order valence-electron chi connectivity index (χ3n) is 5.20. The first kappa shape index (κ1) is 17.9. The van der Waals surface area contributed by atoms with Gasteiger partial charge in [-0.1, -0.05) is 17.7 Å². The molecule has 1 aromatic carbocycles. The molecule has 0 fully saturated rings. The molecule has 0 saturated heterocycles. The molecular formula is C21H23N3O2S. The van der Waals surface area contributed by atoms with Gasteiger partial charge < -0.3 is 5.32 Å². The van der Waals surface area contributed by atoms with Gasteiger partial charge in [-0.3, -0.25) is 14.2 Å². The normalized spacial score (nSPS) is 13.6. The Balaban J connectivity index is 1.63. The molecule has 1 aliphatic rings. The lowest BCUT2D eigenvalue weighted by molar-refractivity contribution is -0.116. The third kappa shape index (κ3) is 3.30. The van der Waals surface area contributed by atoms with E-state index in [2.05, 4.69) is 10.3 Å². The van der Waals surface area contributed by atoms with Crippen LogP contribution in [0.1, 0.15) is 40.0 Å². The topological polar surface area (TPSA) is 64.0 Å². The number of hydrogen-bond donors (Lipinski definition) is 1. The van der Waals surface area contributed by atoms with E-state index in [4.69, 9.17) is 0 Å². The van der Waals surface area contributed by atoms with Gasteiger partial charge in [-0.2, -0.15) is 0 Å². The lowest BCUT2D eigenvalue weighted by Gasteiger charge is -2.13. The average molecular weight is 382 g/mol. The number of hydrogen-bond acceptors (Lipinski definition) is 4. The number of amides is 1. The summed E-state index contributed by atoms with van der Waals surface area (Å²) in [7, 11) is 0. The maximum Gasteiger partial charge on any atom is 0.262 e. The monoisotopic (exact) mass is 381 g/mol. The highest BCUT2D eigenvalue weighted by Crippen LogP contribution is 2.33. The number of benzene rings is 1. The molecule has 0 spiro atoms. The number of aromatic nitrogens is 2. The number of thiophene rings is 1. The van der Waals surface area contributed by atoms with E-state index in [0.717, 1.165) is 52.0 Å². The summed E-state index contributed by atoms with van der Waals surface area (Å²) in [5.74, 6) is -0.211. The van der Waals surface area contributed by atoms with Crippen molar-refractivity contribution in [2.24, 2.45) is 0 Å². The van der Waals surface area contributed by atoms with E-state index < -0.39 is 0 Å². The van der Waals surface area contributed by atoms with Gasteiger partial charge in [-0.15, -0.1) is 11.3 Å². The summed E-state index contributed by atoms with van der Waals surface area (Å²) in [5, 5.41) is 3.68. The highest BCUT2D eigenvalue weighted by atomic mass is 32.1. The molecule has 3 aromatic rings. The zero-order valence-corrected chi connectivity index (χ0v) is 16.7. The average Bonchev–Trinajstić information content (AvgIpc) is 3.00. The molecule has 1 N–H and O–H groups in total. The van der Waals surface area contributed by atoms with E-state index >= 15 is 0 Å². The van der Waals surface area contributed by atoms with Crippen LogP contribution in [0.25, 0.3) is 10.2 Å². The number of aryl methyl sites for hydroxylation is 5. The van der Waals surface area contributed by atoms with E-state index in [-0.39, 0.29) is 18.0 Å². The van der Waals surface area contributed by atoms with Crippen molar-refractivity contribution in [3.63, 3.8) is 0 Å². The molecule has 0 unspecified atom stereocenters. The first-order chi connectivity index (χ1) is 12.9. The highest BCUT2D eigenvalue weighted by molar-refractivity contribution is 7.18. The van der Waals surface area contributed by atoms with E-state index in [9.17, 15) is 9.59 Å². The summed E-state index contributed by atoms with van der Waals surface area (Å²) >= 11 is 1.62. The molecule has 140 valence electrons. The van der Waals surface area contributed by atoms with Crippen molar-refractivity contribution in [3.8, 4) is 0 Å². The molecule has 5 nitrogen and oxygen atoms in total. The van der Waals surface area contributed by atoms with Crippen LogP contribution >= 0.6 is 11.3 Å². The van der Waals surface area contributed by atoms with Gasteiger partial charge in [0.2, 0.25) is 5.91 Å². The van der Waals surface area contributed by atoms with E-state index in [1.165, 1.54) is 22.2 Å². The van der Waals surface area contributed by atoms with Crippen molar-refractivity contribution in [3.05, 3.63) is 55.9 Å². The maximum absolute atomic E-state index is 13.0. The second kappa shape index (κ2) is 6.93. The Bertz CT molecular complexity index is 1090. The van der Waals surface area contributed by atoms with Crippen molar-refractivity contribution in [1.29, 1.82) is 0 Å². The number of carbonyl (C=O) groups excluding carboxylic acids is 1. The fourth-order valence-corrected chi connectivity index (χ4v) is 5.22. The number of carbonyl (C=O) groups is 1. The van der Waals surface area contributed by atoms with Crippen LogP contribution in [0.4, 0.5) is 5.69 Å². The predicted octanol–water partition coefficient (Wildman–Crippen LogP) is 3.90. The second-order valence-corrected chi connectivity index (χ2v) is 8.47. The van der Waals surface area contributed by atoms with Gasteiger partial charge in [-0.05, 0) is 63.1 Å². The molecule has 0 radical (unpaired) electrons. The lowest BCUT2D eigenvalue weighted by Crippen LogP contribution is -2.28. The first-order valence-corrected chi connectivity index (χ1v) is 10.1. The number of fused-ring (bicyclic) bond motifs is 3. The van der Waals surface area contributed by atoms with Crippen molar-refractivity contribution in [2.45, 2.75) is 53.0 Å². The van der Waals surface area contributed by atoms with Gasteiger partial charge in [0.15, 0.2) is 0 Å².